The Kier molecular flexibility index (Phi) is 8.82. The Labute approximate surface area is 175 Å². The van der Waals surface area contributed by atoms with Gasteiger partial charge in [0.25, 0.3) is 5.91 Å². The lowest BCUT2D eigenvalue weighted by molar-refractivity contribution is -0.121. The maximum Gasteiger partial charge on any atom is 0.253 e. The van der Waals surface area contributed by atoms with Crippen molar-refractivity contribution >= 4 is 59.7 Å². The smallest absolute Gasteiger partial charge is 0.253 e. The maximum atomic E-state index is 12.5. The van der Waals surface area contributed by atoms with Crippen molar-refractivity contribution < 1.29 is 9.59 Å². The third kappa shape index (κ3) is 5.99. The zero-order valence-electron chi connectivity index (χ0n) is 14.4. The predicted octanol–water partition coefficient (Wildman–Crippen LogP) is 3.65. The van der Waals surface area contributed by atoms with E-state index in [2.05, 4.69) is 10.3 Å². The minimum absolute atomic E-state index is 0. The average Bonchev–Trinajstić information content (AvgIpc) is 2.63. The molecule has 1 aliphatic rings. The summed E-state index contributed by atoms with van der Waals surface area (Å²) in [6.07, 6.45) is 2.73. The molecule has 2 heterocycles. The molecule has 0 spiro atoms. The minimum Gasteiger partial charge on any atom is -0.399 e. The molecule has 27 heavy (non-hydrogen) atoms. The number of carbonyl (C=O) groups excluding carboxylic acids is 2. The number of aromatic nitrogens is 1. The zero-order chi connectivity index (χ0) is 17.8. The lowest BCUT2D eigenvalue weighted by atomic mass is 9.95. The number of halogens is 3. The van der Waals surface area contributed by atoms with E-state index in [0.717, 1.165) is 0 Å². The van der Waals surface area contributed by atoms with Gasteiger partial charge < -0.3 is 16.0 Å². The topological polar surface area (TPSA) is 88.3 Å². The van der Waals surface area contributed by atoms with Crippen LogP contribution in [0.4, 0.5) is 11.5 Å². The van der Waals surface area contributed by atoms with Crippen LogP contribution in [0.5, 0.6) is 0 Å². The SMILES string of the molecule is Cl.Cl.Nc1cccc(C(=O)N2CCC(C(=O)Nc3ccc(Cl)cn3)CC2)c1. The van der Waals surface area contributed by atoms with Crippen LogP contribution in [0.25, 0.3) is 0 Å². The van der Waals surface area contributed by atoms with Crippen LogP contribution in [-0.4, -0.2) is 34.8 Å². The van der Waals surface area contributed by atoms with Gasteiger partial charge in [0.1, 0.15) is 5.82 Å². The van der Waals surface area contributed by atoms with Gasteiger partial charge in [0.2, 0.25) is 5.91 Å². The van der Waals surface area contributed by atoms with Crippen molar-refractivity contribution in [3.63, 3.8) is 0 Å². The number of likely N-dealkylation sites (tertiary alicyclic amines) is 1. The highest BCUT2D eigenvalue weighted by Crippen LogP contribution is 2.21. The van der Waals surface area contributed by atoms with Crippen molar-refractivity contribution in [2.75, 3.05) is 24.1 Å². The summed E-state index contributed by atoms with van der Waals surface area (Å²) in [5, 5.41) is 3.31. The third-order valence-electron chi connectivity index (χ3n) is 4.27. The number of nitrogens with one attached hydrogen (secondary N) is 1. The van der Waals surface area contributed by atoms with E-state index >= 15 is 0 Å². The molecule has 1 aliphatic heterocycles. The van der Waals surface area contributed by atoms with E-state index in [1.165, 1.54) is 6.20 Å². The van der Waals surface area contributed by atoms with Gasteiger partial charge in [-0.2, -0.15) is 0 Å². The summed E-state index contributed by atoms with van der Waals surface area (Å²) >= 11 is 5.78. The molecule has 1 saturated heterocycles. The standard InChI is InChI=1S/C18H19ClN4O2.2ClH/c19-14-4-5-16(21-11-14)22-17(24)12-6-8-23(9-7-12)18(25)13-2-1-3-15(20)10-13;;/h1-5,10-12H,6-9,20H2,(H,21,22,24);2*1H. The summed E-state index contributed by atoms with van der Waals surface area (Å²) in [5.41, 5.74) is 6.87. The van der Waals surface area contributed by atoms with E-state index < -0.39 is 0 Å². The Morgan fingerprint density at radius 1 is 1.15 bits per heavy atom. The molecule has 0 bridgehead atoms. The number of anilines is 2. The summed E-state index contributed by atoms with van der Waals surface area (Å²) in [5.74, 6) is 0.214. The number of carbonyl (C=O) groups is 2. The van der Waals surface area contributed by atoms with Crippen molar-refractivity contribution in [2.45, 2.75) is 12.8 Å². The molecule has 2 amide bonds. The molecule has 0 aliphatic carbocycles. The molecule has 1 fully saturated rings. The third-order valence-corrected chi connectivity index (χ3v) is 4.49. The van der Waals surface area contributed by atoms with Gasteiger partial charge in [-0.25, -0.2) is 4.98 Å². The fourth-order valence-electron chi connectivity index (χ4n) is 2.88. The number of nitrogens with zero attached hydrogens (tertiary/aromatic N) is 2. The number of rotatable bonds is 3. The molecule has 6 nitrogen and oxygen atoms in total. The molecule has 146 valence electrons. The van der Waals surface area contributed by atoms with E-state index in [9.17, 15) is 9.59 Å². The Balaban J connectivity index is 0.00000182. The number of nitrogen functional groups attached to an aromatic ring is 1. The summed E-state index contributed by atoms with van der Waals surface area (Å²) in [6.45, 7) is 1.08. The quantitative estimate of drug-likeness (QED) is 0.726. The Morgan fingerprint density at radius 3 is 2.44 bits per heavy atom. The van der Waals surface area contributed by atoms with Crippen LogP contribution < -0.4 is 11.1 Å². The Morgan fingerprint density at radius 2 is 1.85 bits per heavy atom. The van der Waals surface area contributed by atoms with Gasteiger partial charge in [0.05, 0.1) is 5.02 Å². The van der Waals surface area contributed by atoms with Crippen LogP contribution in [0, 0.1) is 5.92 Å². The number of piperidine rings is 1. The van der Waals surface area contributed by atoms with Crippen molar-refractivity contribution in [3.8, 4) is 0 Å². The van der Waals surface area contributed by atoms with Crippen molar-refractivity contribution in [1.29, 1.82) is 0 Å². The van der Waals surface area contributed by atoms with Gasteiger partial charge in [-0.15, -0.1) is 24.8 Å². The Bertz CT molecular complexity index is 778. The molecule has 1 aromatic carbocycles. The van der Waals surface area contributed by atoms with Gasteiger partial charge in [-0.05, 0) is 43.2 Å². The Hall–Kier alpha value is -2.02. The lowest BCUT2D eigenvalue weighted by Crippen LogP contribution is -2.41. The van der Waals surface area contributed by atoms with E-state index in [1.807, 2.05) is 0 Å². The van der Waals surface area contributed by atoms with Crippen LogP contribution in [0.3, 0.4) is 0 Å². The van der Waals surface area contributed by atoms with E-state index in [4.69, 9.17) is 17.3 Å². The second kappa shape index (κ2) is 10.3. The molecule has 3 rings (SSSR count). The predicted molar refractivity (Wildman–Crippen MR) is 112 cm³/mol. The van der Waals surface area contributed by atoms with Gasteiger partial charge in [0.15, 0.2) is 0 Å². The molecule has 3 N–H and O–H groups in total. The first-order valence-electron chi connectivity index (χ1n) is 8.10. The lowest BCUT2D eigenvalue weighted by Gasteiger charge is -2.31. The highest BCUT2D eigenvalue weighted by Gasteiger charge is 2.28. The largest absolute Gasteiger partial charge is 0.399 e. The van der Waals surface area contributed by atoms with Crippen LogP contribution in [0.15, 0.2) is 42.6 Å². The molecule has 0 unspecified atom stereocenters. The maximum absolute atomic E-state index is 12.5. The van der Waals surface area contributed by atoms with E-state index in [0.29, 0.717) is 48.0 Å². The van der Waals surface area contributed by atoms with E-state index in [-0.39, 0.29) is 42.5 Å². The summed E-state index contributed by atoms with van der Waals surface area (Å²) < 4.78 is 0. The van der Waals surface area contributed by atoms with Crippen LogP contribution in [0.1, 0.15) is 23.2 Å². The summed E-state index contributed by atoms with van der Waals surface area (Å²) in [7, 11) is 0. The second-order valence-electron chi connectivity index (χ2n) is 6.04. The van der Waals surface area contributed by atoms with Gasteiger partial charge in [-0.3, -0.25) is 9.59 Å². The van der Waals surface area contributed by atoms with Crippen molar-refractivity contribution in [3.05, 3.63) is 53.2 Å². The highest BCUT2D eigenvalue weighted by molar-refractivity contribution is 6.30. The first kappa shape index (κ1) is 23.0. The number of benzene rings is 1. The molecular formula is C18H21Cl3N4O2. The minimum atomic E-state index is -0.137. The van der Waals surface area contributed by atoms with Crippen LogP contribution in [0.2, 0.25) is 5.02 Å². The molecule has 2 aromatic rings. The van der Waals surface area contributed by atoms with Gasteiger partial charge >= 0.3 is 0 Å². The zero-order valence-corrected chi connectivity index (χ0v) is 16.8. The first-order chi connectivity index (χ1) is 12.0. The molecule has 0 atom stereocenters. The van der Waals surface area contributed by atoms with E-state index in [1.54, 1.807) is 41.3 Å². The number of hydrogen-bond donors (Lipinski definition) is 2. The van der Waals surface area contributed by atoms with Gasteiger partial charge in [-0.1, -0.05) is 17.7 Å². The molecule has 1 aromatic heterocycles. The van der Waals surface area contributed by atoms with Gasteiger partial charge in [0, 0.05) is 36.5 Å². The fraction of sp³-hybridized carbons (Fsp3) is 0.278. The van der Waals surface area contributed by atoms with Crippen LogP contribution in [-0.2, 0) is 4.79 Å². The number of hydrogen-bond acceptors (Lipinski definition) is 4. The van der Waals surface area contributed by atoms with Crippen LogP contribution >= 0.6 is 36.4 Å². The molecule has 0 radical (unpaired) electrons. The second-order valence-corrected chi connectivity index (χ2v) is 6.48. The molecular weight excluding hydrogens is 411 g/mol. The molecule has 0 saturated carbocycles. The number of amides is 2. The first-order valence-corrected chi connectivity index (χ1v) is 8.48. The monoisotopic (exact) mass is 430 g/mol. The summed E-state index contributed by atoms with van der Waals surface area (Å²) in [6, 6.07) is 10.3. The highest BCUT2D eigenvalue weighted by atomic mass is 35.5. The average molecular weight is 432 g/mol. The molecule has 9 heteroatoms. The fourth-order valence-corrected chi connectivity index (χ4v) is 2.99. The van der Waals surface area contributed by atoms with Crippen molar-refractivity contribution in [2.24, 2.45) is 5.92 Å². The van der Waals surface area contributed by atoms with Crippen molar-refractivity contribution in [1.82, 2.24) is 9.88 Å². The number of pyridine rings is 1. The summed E-state index contributed by atoms with van der Waals surface area (Å²) in [4.78, 5) is 30.7. The normalized spacial score (nSPS) is 13.9. The number of nitrogens with two attached hydrogens (primary N) is 1.